The van der Waals surface area contributed by atoms with E-state index in [9.17, 15) is 9.59 Å². The van der Waals surface area contributed by atoms with Crippen LogP contribution in [0.2, 0.25) is 0 Å². The van der Waals surface area contributed by atoms with E-state index < -0.39 is 11.7 Å². The molecule has 3 N–H and O–H groups in total. The fraction of sp³-hybridized carbons (Fsp3) is 0.450. The van der Waals surface area contributed by atoms with Crippen molar-refractivity contribution in [2.75, 3.05) is 6.54 Å². The van der Waals surface area contributed by atoms with Crippen molar-refractivity contribution in [2.24, 2.45) is 5.73 Å². The minimum Gasteiger partial charge on any atom is -0.443 e. The van der Waals surface area contributed by atoms with Gasteiger partial charge in [0.1, 0.15) is 5.60 Å². The number of carbonyl (C=O) groups excluding carboxylic acids is 2. The van der Waals surface area contributed by atoms with Crippen LogP contribution in [0, 0.1) is 0 Å². The highest BCUT2D eigenvalue weighted by Crippen LogP contribution is 2.31. The second kappa shape index (κ2) is 7.52. The number of hydrogen-bond acceptors (Lipinski definition) is 5. The summed E-state index contributed by atoms with van der Waals surface area (Å²) in [4.78, 5) is 34.5. The van der Waals surface area contributed by atoms with Crippen molar-refractivity contribution >= 4 is 12.0 Å². The van der Waals surface area contributed by atoms with Gasteiger partial charge in [0.2, 0.25) is 0 Å². The van der Waals surface area contributed by atoms with Crippen LogP contribution in [0.3, 0.4) is 0 Å². The van der Waals surface area contributed by atoms with Gasteiger partial charge in [-0.3, -0.25) is 9.78 Å². The summed E-state index contributed by atoms with van der Waals surface area (Å²) in [7, 11) is 0. The summed E-state index contributed by atoms with van der Waals surface area (Å²) in [6, 6.07) is 5.27. The molecule has 2 aromatic heterocycles. The van der Waals surface area contributed by atoms with E-state index in [0.29, 0.717) is 24.9 Å². The normalized spacial score (nSPS) is 17.0. The number of aromatic nitrogens is 2. The van der Waals surface area contributed by atoms with E-state index in [0.717, 1.165) is 23.4 Å². The number of hydrogen-bond donors (Lipinski definition) is 2. The van der Waals surface area contributed by atoms with Gasteiger partial charge in [0.15, 0.2) is 0 Å². The Morgan fingerprint density at radius 2 is 2.07 bits per heavy atom. The smallest absolute Gasteiger partial charge is 0.417 e. The molecule has 1 atom stereocenters. The fourth-order valence-electron chi connectivity index (χ4n) is 3.29. The number of pyridine rings is 1. The average molecular weight is 370 g/mol. The van der Waals surface area contributed by atoms with Crippen LogP contribution < -0.4 is 5.73 Å². The van der Waals surface area contributed by atoms with Crippen LogP contribution in [0.25, 0.3) is 11.3 Å². The molecule has 1 aliphatic heterocycles. The highest BCUT2D eigenvalue weighted by atomic mass is 16.6. The van der Waals surface area contributed by atoms with Crippen LogP contribution in [-0.4, -0.2) is 45.1 Å². The molecule has 3 rings (SSSR count). The predicted octanol–water partition coefficient (Wildman–Crippen LogP) is 3.12. The number of ether oxygens (including phenoxy) is 1. The lowest BCUT2D eigenvalue weighted by Gasteiger charge is -2.35. The number of nitrogens with two attached hydrogens (primary N) is 1. The number of rotatable bonds is 4. The zero-order chi connectivity index (χ0) is 19.6. The molecular weight excluding hydrogens is 344 g/mol. The molecule has 1 aliphatic rings. The number of H-pyrrole nitrogens is 1. The molecule has 0 aliphatic carbocycles. The SMILES string of the molecule is CC(C)(C)OC(=O)N1C(=O)c2cc(-c3ccncc3)[nH]c2CC1CCCN. The molecule has 0 saturated carbocycles. The van der Waals surface area contributed by atoms with Gasteiger partial charge in [-0.2, -0.15) is 0 Å². The van der Waals surface area contributed by atoms with Gasteiger partial charge in [0.25, 0.3) is 5.91 Å². The fourth-order valence-corrected chi connectivity index (χ4v) is 3.29. The van der Waals surface area contributed by atoms with E-state index in [1.807, 2.05) is 12.1 Å². The van der Waals surface area contributed by atoms with Gasteiger partial charge in [-0.15, -0.1) is 0 Å². The molecule has 7 nitrogen and oxygen atoms in total. The highest BCUT2D eigenvalue weighted by molar-refractivity contribution is 6.05. The second-order valence-corrected chi connectivity index (χ2v) is 7.76. The third-order valence-electron chi connectivity index (χ3n) is 4.48. The van der Waals surface area contributed by atoms with Crippen LogP contribution >= 0.6 is 0 Å². The minimum absolute atomic E-state index is 0.271. The quantitative estimate of drug-likeness (QED) is 0.861. The van der Waals surface area contributed by atoms with Gasteiger partial charge >= 0.3 is 6.09 Å². The Balaban J connectivity index is 1.94. The molecule has 144 valence electrons. The number of amides is 2. The molecule has 3 heterocycles. The van der Waals surface area contributed by atoms with Gasteiger partial charge in [-0.05, 0) is 58.4 Å². The Morgan fingerprint density at radius 1 is 1.37 bits per heavy atom. The number of imide groups is 1. The zero-order valence-electron chi connectivity index (χ0n) is 16.0. The van der Waals surface area contributed by atoms with Crippen molar-refractivity contribution in [1.29, 1.82) is 0 Å². The molecule has 7 heteroatoms. The lowest BCUT2D eigenvalue weighted by atomic mass is 9.96. The predicted molar refractivity (Wildman–Crippen MR) is 102 cm³/mol. The molecule has 0 fully saturated rings. The van der Waals surface area contributed by atoms with Crippen molar-refractivity contribution in [1.82, 2.24) is 14.9 Å². The van der Waals surface area contributed by atoms with Crippen molar-refractivity contribution < 1.29 is 14.3 Å². The van der Waals surface area contributed by atoms with Crippen molar-refractivity contribution in [3.05, 3.63) is 41.9 Å². The Kier molecular flexibility index (Phi) is 5.32. The summed E-state index contributed by atoms with van der Waals surface area (Å²) in [5, 5.41) is 0. The van der Waals surface area contributed by atoms with Crippen LogP contribution in [0.4, 0.5) is 4.79 Å². The number of nitrogens with one attached hydrogen (secondary N) is 1. The molecule has 0 radical (unpaired) electrons. The largest absolute Gasteiger partial charge is 0.443 e. The van der Waals surface area contributed by atoms with Gasteiger partial charge in [0.05, 0.1) is 5.56 Å². The van der Waals surface area contributed by atoms with E-state index in [1.165, 1.54) is 4.90 Å². The molecule has 2 aromatic rings. The van der Waals surface area contributed by atoms with Crippen LogP contribution in [0.1, 0.15) is 49.7 Å². The first-order valence-corrected chi connectivity index (χ1v) is 9.19. The third-order valence-corrected chi connectivity index (χ3v) is 4.48. The van der Waals surface area contributed by atoms with Crippen molar-refractivity contribution in [2.45, 2.75) is 51.7 Å². The standard InChI is InChI=1S/C20H26N4O3/c1-20(2,3)27-19(26)24-14(5-4-8-21)11-17-15(18(24)25)12-16(23-17)13-6-9-22-10-7-13/h6-7,9-10,12,14,23H,4-5,8,11,21H2,1-3H3. The lowest BCUT2D eigenvalue weighted by molar-refractivity contribution is 0.0141. The van der Waals surface area contributed by atoms with Crippen LogP contribution in [0.15, 0.2) is 30.6 Å². The van der Waals surface area contributed by atoms with Gasteiger partial charge in [0, 0.05) is 41.8 Å². The van der Waals surface area contributed by atoms with Crippen LogP contribution in [0.5, 0.6) is 0 Å². The van der Waals surface area contributed by atoms with Crippen molar-refractivity contribution in [3.63, 3.8) is 0 Å². The van der Waals surface area contributed by atoms with E-state index >= 15 is 0 Å². The van der Waals surface area contributed by atoms with Crippen LogP contribution in [-0.2, 0) is 11.2 Å². The zero-order valence-corrected chi connectivity index (χ0v) is 16.0. The Bertz CT molecular complexity index is 823. The maximum atomic E-state index is 13.1. The molecule has 0 aromatic carbocycles. The maximum Gasteiger partial charge on any atom is 0.417 e. The number of nitrogens with zero attached hydrogens (tertiary/aromatic N) is 2. The van der Waals surface area contributed by atoms with Gasteiger partial charge < -0.3 is 15.5 Å². The lowest BCUT2D eigenvalue weighted by Crippen LogP contribution is -2.50. The first-order valence-electron chi connectivity index (χ1n) is 9.19. The van der Waals surface area contributed by atoms with Gasteiger partial charge in [-0.1, -0.05) is 0 Å². The maximum absolute atomic E-state index is 13.1. The van der Waals surface area contributed by atoms with E-state index in [-0.39, 0.29) is 11.9 Å². The molecule has 2 amide bonds. The summed E-state index contributed by atoms with van der Waals surface area (Å²) >= 11 is 0. The summed E-state index contributed by atoms with van der Waals surface area (Å²) in [5.74, 6) is -0.330. The molecule has 0 saturated heterocycles. The van der Waals surface area contributed by atoms with E-state index in [1.54, 1.807) is 39.2 Å². The summed E-state index contributed by atoms with van der Waals surface area (Å²) in [5.41, 5.74) is 8.10. The number of fused-ring (bicyclic) bond motifs is 1. The van der Waals surface area contributed by atoms with E-state index in [2.05, 4.69) is 9.97 Å². The summed E-state index contributed by atoms with van der Waals surface area (Å²) in [6.45, 7) is 5.87. The van der Waals surface area contributed by atoms with Crippen molar-refractivity contribution in [3.8, 4) is 11.3 Å². The molecule has 1 unspecified atom stereocenters. The first-order chi connectivity index (χ1) is 12.8. The molecule has 27 heavy (non-hydrogen) atoms. The molecule has 0 spiro atoms. The second-order valence-electron chi connectivity index (χ2n) is 7.76. The summed E-state index contributed by atoms with van der Waals surface area (Å²) in [6.07, 6.45) is 4.73. The topological polar surface area (TPSA) is 101 Å². The van der Waals surface area contributed by atoms with Gasteiger partial charge in [-0.25, -0.2) is 9.69 Å². The number of carbonyl (C=O) groups is 2. The molecular formula is C20H26N4O3. The Morgan fingerprint density at radius 3 is 2.70 bits per heavy atom. The average Bonchev–Trinajstić information content (AvgIpc) is 3.03. The third kappa shape index (κ3) is 4.19. The monoisotopic (exact) mass is 370 g/mol. The Hall–Kier alpha value is -2.67. The Labute approximate surface area is 158 Å². The first kappa shape index (κ1) is 19.1. The summed E-state index contributed by atoms with van der Waals surface area (Å²) < 4.78 is 5.48. The molecule has 0 bridgehead atoms. The minimum atomic E-state index is -0.670. The highest BCUT2D eigenvalue weighted by Gasteiger charge is 2.39. The number of aromatic amines is 1. The van der Waals surface area contributed by atoms with E-state index in [4.69, 9.17) is 10.5 Å².